The number of benzene rings is 3. The maximum atomic E-state index is 13.7. The topological polar surface area (TPSA) is 282 Å². The van der Waals surface area contributed by atoms with Crippen LogP contribution in [0, 0.1) is 22.1 Å². The van der Waals surface area contributed by atoms with Gasteiger partial charge in [0.25, 0.3) is 0 Å². The van der Waals surface area contributed by atoms with Crippen molar-refractivity contribution in [3.8, 4) is 56.5 Å². The van der Waals surface area contributed by atoms with Crippen molar-refractivity contribution in [2.75, 3.05) is 86.2 Å². The van der Waals surface area contributed by atoms with Gasteiger partial charge in [0.1, 0.15) is 67.8 Å². The Morgan fingerprint density at radius 1 is 0.457 bits per heavy atom. The zero-order chi connectivity index (χ0) is 73.8. The lowest BCUT2D eigenvalue weighted by molar-refractivity contribution is 0.0124. The Hall–Kier alpha value is -9.14. The number of ether oxygens (including phenoxy) is 2. The van der Waals surface area contributed by atoms with Crippen molar-refractivity contribution in [1.82, 2.24) is 85.6 Å². The van der Waals surface area contributed by atoms with Crippen LogP contribution in [-0.2, 0) is 0 Å². The van der Waals surface area contributed by atoms with Gasteiger partial charge in [-0.1, -0.05) is 132 Å². The van der Waals surface area contributed by atoms with Gasteiger partial charge in [0.05, 0.1) is 77.4 Å². The third kappa shape index (κ3) is 16.2. The van der Waals surface area contributed by atoms with E-state index in [2.05, 4.69) is 132 Å². The summed E-state index contributed by atoms with van der Waals surface area (Å²) in [4.78, 5) is 50.3. The van der Waals surface area contributed by atoms with E-state index in [-0.39, 0.29) is 5.02 Å². The second-order valence-corrected chi connectivity index (χ2v) is 30.3. The van der Waals surface area contributed by atoms with E-state index in [4.69, 9.17) is 70.8 Å². The smallest absolute Gasteiger partial charge is 0.202 e. The number of hydrogen-bond donors (Lipinski definition) is 5. The molecule has 0 radical (unpaired) electrons. The van der Waals surface area contributed by atoms with Crippen molar-refractivity contribution in [2.24, 2.45) is 16.2 Å². The summed E-state index contributed by atoms with van der Waals surface area (Å²) < 4.78 is 24.4. The molecule has 13 heterocycles. The first-order chi connectivity index (χ1) is 50.6. The first-order valence-electron chi connectivity index (χ1n) is 35.9. The number of anilines is 4. The molecular weight excluding hydrogens is 1420 g/mol. The molecule has 0 aliphatic carbocycles. The minimum atomic E-state index is -0.582. The lowest BCUT2D eigenvalue weighted by Gasteiger charge is -2.39. The van der Waals surface area contributed by atoms with Gasteiger partial charge in [0.2, 0.25) is 22.6 Å². The molecule has 0 spiro atoms. The summed E-state index contributed by atoms with van der Waals surface area (Å²) in [5.74, 6) is 4.22. The van der Waals surface area contributed by atoms with Crippen LogP contribution in [0.1, 0.15) is 126 Å². The molecule has 12 aromatic rings. The molecule has 0 atom stereocenters. The Kier molecular flexibility index (Phi) is 22.2. The largest absolute Gasteiger partial charge is 0.497 e. The molecule has 4 aliphatic heterocycles. The van der Waals surface area contributed by atoms with Crippen molar-refractivity contribution >= 4 is 114 Å². The summed E-state index contributed by atoms with van der Waals surface area (Å²) >= 11 is 24.6. The first kappa shape index (κ1) is 74.1. The summed E-state index contributed by atoms with van der Waals surface area (Å²) in [5, 5.41) is 41.3. The number of aliphatic hydroxyl groups is 1. The molecule has 550 valence electrons. The molecule has 4 fully saturated rings. The zero-order valence-corrected chi connectivity index (χ0v) is 63.7. The van der Waals surface area contributed by atoms with Gasteiger partial charge in [-0.3, -0.25) is 20.4 Å². The van der Waals surface area contributed by atoms with E-state index in [9.17, 15) is 9.50 Å². The Labute approximate surface area is 629 Å². The quantitative estimate of drug-likeness (QED) is 0.0632. The fraction of sp³-hybridized carbons (Fsp3) is 0.434. The van der Waals surface area contributed by atoms with Crippen LogP contribution in [0.15, 0.2) is 97.7 Å². The molecule has 5 N–H and O–H groups in total. The van der Waals surface area contributed by atoms with E-state index in [1.807, 2.05) is 68.0 Å². The molecule has 4 saturated heterocycles. The van der Waals surface area contributed by atoms with E-state index in [1.165, 1.54) is 63.9 Å². The summed E-state index contributed by atoms with van der Waals surface area (Å²) in [5.41, 5.74) is 11.8. The van der Waals surface area contributed by atoms with E-state index in [1.54, 1.807) is 44.8 Å². The Morgan fingerprint density at radius 3 is 1.29 bits per heavy atom. The van der Waals surface area contributed by atoms with Crippen LogP contribution < -0.4 is 29.1 Å². The Balaban J connectivity index is 0.000000124. The van der Waals surface area contributed by atoms with E-state index in [0.717, 1.165) is 127 Å². The van der Waals surface area contributed by atoms with Gasteiger partial charge in [-0.05, 0) is 123 Å². The number of H-pyrrole nitrogens is 4. The summed E-state index contributed by atoms with van der Waals surface area (Å²) in [6.45, 7) is 23.4. The SMILES string of the molecule is CCC1(C)CCN(c2cnc3c(-c4cc(Cl)cc(OC)c4)[nH]nc3n2)CC1.CCC1(C)CCN(c2cnc3c(-c4ccc(Cl)c(OC)c4)[nH]nc3n2)CC1.CCC1(C)CCN(c2cnc3c(-c4cccnc4Cl)[nH]nc3n2)CC1.CCC1(O)CCN(c2cnc3c(-c4cccc(F)c4Cl)[nH]nc3n2)CC1. The van der Waals surface area contributed by atoms with Crippen molar-refractivity contribution in [1.29, 1.82) is 0 Å². The van der Waals surface area contributed by atoms with Gasteiger partial charge >= 0.3 is 0 Å². The molecule has 16 rings (SSSR count). The summed E-state index contributed by atoms with van der Waals surface area (Å²) in [6.07, 6.45) is 21.8. The van der Waals surface area contributed by atoms with Crippen LogP contribution in [0.2, 0.25) is 20.2 Å². The number of hydrogen-bond acceptors (Lipinski definition) is 20. The van der Waals surface area contributed by atoms with Crippen LogP contribution in [0.25, 0.3) is 89.7 Å². The minimum absolute atomic E-state index is 0.0267. The summed E-state index contributed by atoms with van der Waals surface area (Å²) in [6, 6.07) is 19.5. The van der Waals surface area contributed by atoms with Gasteiger partial charge in [-0.15, -0.1) is 0 Å². The molecule has 3 aromatic carbocycles. The molecule has 9 aromatic heterocycles. The predicted octanol–water partition coefficient (Wildman–Crippen LogP) is 17.0. The molecule has 0 amide bonds. The van der Waals surface area contributed by atoms with Gasteiger partial charge in [0.15, 0.2) is 0 Å². The number of piperidine rings is 4. The van der Waals surface area contributed by atoms with Crippen LogP contribution >= 0.6 is 46.4 Å². The summed E-state index contributed by atoms with van der Waals surface area (Å²) in [7, 11) is 3.22. The number of rotatable bonds is 14. The highest BCUT2D eigenvalue weighted by molar-refractivity contribution is 6.34. The first-order valence-corrected chi connectivity index (χ1v) is 37.5. The van der Waals surface area contributed by atoms with Gasteiger partial charge in [0, 0.05) is 85.8 Å². The average molecular weight is 1500 g/mol. The number of nitrogens with zero attached hydrogens (tertiary/aromatic N) is 17. The molecule has 29 heteroatoms. The highest BCUT2D eigenvalue weighted by Gasteiger charge is 2.34. The normalized spacial score (nSPS) is 16.9. The molecule has 105 heavy (non-hydrogen) atoms. The van der Waals surface area contributed by atoms with Crippen LogP contribution in [0.3, 0.4) is 0 Å². The monoisotopic (exact) mass is 1500 g/mol. The second kappa shape index (κ2) is 31.5. The molecule has 0 saturated carbocycles. The number of halogens is 5. The van der Waals surface area contributed by atoms with Gasteiger partial charge in [-0.25, -0.2) is 49.2 Å². The van der Waals surface area contributed by atoms with Crippen molar-refractivity contribution in [3.05, 3.63) is 124 Å². The maximum absolute atomic E-state index is 13.7. The number of fused-ring (bicyclic) bond motifs is 4. The van der Waals surface area contributed by atoms with Crippen LogP contribution in [0.5, 0.6) is 11.5 Å². The third-order valence-electron chi connectivity index (χ3n) is 22.2. The fourth-order valence-corrected chi connectivity index (χ4v) is 14.7. The number of methoxy groups -OCH3 is 2. The highest BCUT2D eigenvalue weighted by Crippen LogP contribution is 2.41. The molecule has 24 nitrogen and oxygen atoms in total. The standard InChI is InChI=1S/2C20H24ClN5O.C18H19ClFN5O.C18H21ClN6/c1-4-20(2)5-7-26(8-6-20)16-12-22-18-17(24-25-19(18)23-16)13-9-14(21)11-15(10-13)27-3;1-4-20(2)7-9-26(10-8-20)16-12-22-18-17(24-25-19(18)23-16)13-5-6-14(21)15(11-13)27-3;1-2-18(26)6-8-25(9-7-18)13-10-21-16-15(23-24-17(16)22-13)11-4-3-5-12(20)14(11)19;1-3-18(2)6-9-25(10-7-18)13-11-21-15-14(23-24-17(15)22-13)12-5-4-8-20-16(12)19/h9-12H,4-8H2,1-3H3,(H,23,24,25);5-6,11-12H,4,7-10H2,1-3H3,(H,23,24,25);3-5,10,26H,2,6-9H2,1H3,(H,22,23,24);4-5,8,11H,3,6-7,9-10H2,1-2H3,(H,22,23,24). The van der Waals surface area contributed by atoms with Crippen molar-refractivity contribution in [2.45, 2.75) is 131 Å². The zero-order valence-electron chi connectivity index (χ0n) is 60.6. The van der Waals surface area contributed by atoms with Crippen LogP contribution in [-0.4, -0.2) is 163 Å². The van der Waals surface area contributed by atoms with Crippen molar-refractivity contribution in [3.63, 3.8) is 0 Å². The maximum Gasteiger partial charge on any atom is 0.202 e. The number of pyridine rings is 1. The molecular formula is C76H88Cl4FN21O3. The fourth-order valence-electron chi connectivity index (χ4n) is 13.8. The second-order valence-electron chi connectivity index (χ2n) is 28.7. The van der Waals surface area contributed by atoms with E-state index >= 15 is 0 Å². The van der Waals surface area contributed by atoms with Gasteiger partial charge < -0.3 is 34.2 Å². The predicted molar refractivity (Wildman–Crippen MR) is 416 cm³/mol. The molecule has 0 bridgehead atoms. The Bertz CT molecular complexity index is 5020. The minimum Gasteiger partial charge on any atom is -0.497 e. The lowest BCUT2D eigenvalue weighted by atomic mass is 9.78. The number of aromatic amines is 4. The average Bonchev–Trinajstić information content (AvgIpc) is 1.66. The van der Waals surface area contributed by atoms with E-state index in [0.29, 0.717) is 101 Å². The van der Waals surface area contributed by atoms with Crippen LogP contribution in [0.4, 0.5) is 27.7 Å². The third-order valence-corrected chi connectivity index (χ3v) is 23.4. The number of aromatic nitrogens is 17. The number of nitrogens with one attached hydrogen (secondary N) is 4. The Morgan fingerprint density at radius 2 is 0.867 bits per heavy atom. The highest BCUT2D eigenvalue weighted by atomic mass is 35.5. The van der Waals surface area contributed by atoms with E-state index < -0.39 is 11.4 Å². The van der Waals surface area contributed by atoms with Gasteiger partial charge in [-0.2, -0.15) is 20.4 Å². The lowest BCUT2D eigenvalue weighted by Crippen LogP contribution is -2.44. The molecule has 4 aliphatic rings. The molecule has 0 unspecified atom stereocenters. The van der Waals surface area contributed by atoms with Crippen molar-refractivity contribution < 1.29 is 19.0 Å².